The monoisotopic (exact) mass is 242 g/mol. The summed E-state index contributed by atoms with van der Waals surface area (Å²) in [6.07, 6.45) is 0.840. The summed E-state index contributed by atoms with van der Waals surface area (Å²) < 4.78 is 11.1. The van der Waals surface area contributed by atoms with E-state index < -0.39 is 5.60 Å². The quantitative estimate of drug-likeness (QED) is 0.688. The molecule has 2 atom stereocenters. The van der Waals surface area contributed by atoms with Crippen LogP contribution in [0.3, 0.4) is 0 Å². The number of carbonyl (C=O) groups is 1. The van der Waals surface area contributed by atoms with Crippen LogP contribution in [0.15, 0.2) is 0 Å². The van der Waals surface area contributed by atoms with E-state index in [1.807, 2.05) is 25.7 Å². The minimum Gasteiger partial charge on any atom is -0.444 e. The molecule has 2 rings (SSSR count). The number of piperidine rings is 1. The van der Waals surface area contributed by atoms with Gasteiger partial charge in [0.15, 0.2) is 0 Å². The average Bonchev–Trinajstić information content (AvgIpc) is 2.26. The van der Waals surface area contributed by atoms with Crippen molar-refractivity contribution < 1.29 is 14.3 Å². The first kappa shape index (κ1) is 12.6. The highest BCUT2D eigenvalue weighted by Gasteiger charge is 2.38. The van der Waals surface area contributed by atoms with Crippen LogP contribution in [0.4, 0.5) is 4.79 Å². The number of carbonyl (C=O) groups excluding carboxylic acids is 1. The number of hydrogen-bond acceptors (Lipinski definition) is 4. The van der Waals surface area contributed by atoms with Gasteiger partial charge in [-0.25, -0.2) is 4.79 Å². The van der Waals surface area contributed by atoms with Crippen molar-refractivity contribution in [1.29, 1.82) is 0 Å². The van der Waals surface area contributed by atoms with Crippen molar-refractivity contribution in [3.05, 3.63) is 0 Å². The molecule has 0 bridgehead atoms. The molecule has 0 unspecified atom stereocenters. The van der Waals surface area contributed by atoms with Gasteiger partial charge in [0, 0.05) is 13.1 Å². The standard InChI is InChI=1S/C12H22N2O3/c1-12(2,3)17-11(15)14-6-7-16-10-8-13-5-4-9(10)14/h9-10,13H,4-8H2,1-3H3/t9-,10-/m0/s1. The van der Waals surface area contributed by atoms with Crippen molar-refractivity contribution in [2.24, 2.45) is 0 Å². The molecule has 17 heavy (non-hydrogen) atoms. The number of hydrogen-bond donors (Lipinski definition) is 1. The largest absolute Gasteiger partial charge is 0.444 e. The highest BCUT2D eigenvalue weighted by atomic mass is 16.6. The van der Waals surface area contributed by atoms with Crippen molar-refractivity contribution >= 4 is 6.09 Å². The molecule has 0 saturated carbocycles. The van der Waals surface area contributed by atoms with Gasteiger partial charge in [0.2, 0.25) is 0 Å². The van der Waals surface area contributed by atoms with E-state index in [4.69, 9.17) is 9.47 Å². The SMILES string of the molecule is CC(C)(C)OC(=O)N1CCO[C@H]2CNCC[C@@H]21. The average molecular weight is 242 g/mol. The molecular formula is C12H22N2O3. The van der Waals surface area contributed by atoms with Crippen LogP contribution in [0.2, 0.25) is 0 Å². The molecule has 5 nitrogen and oxygen atoms in total. The third-order valence-electron chi connectivity index (χ3n) is 3.08. The van der Waals surface area contributed by atoms with Gasteiger partial charge in [-0.05, 0) is 33.7 Å². The van der Waals surface area contributed by atoms with Crippen molar-refractivity contribution in [2.45, 2.75) is 44.9 Å². The van der Waals surface area contributed by atoms with Gasteiger partial charge in [0.1, 0.15) is 5.60 Å². The third-order valence-corrected chi connectivity index (χ3v) is 3.08. The number of nitrogens with zero attached hydrogens (tertiary/aromatic N) is 1. The van der Waals surface area contributed by atoms with Crippen LogP contribution in [0.5, 0.6) is 0 Å². The van der Waals surface area contributed by atoms with Crippen LogP contribution in [0, 0.1) is 0 Å². The Hall–Kier alpha value is -0.810. The fourth-order valence-electron chi connectivity index (χ4n) is 2.36. The summed E-state index contributed by atoms with van der Waals surface area (Å²) >= 11 is 0. The highest BCUT2D eigenvalue weighted by molar-refractivity contribution is 5.68. The topological polar surface area (TPSA) is 50.8 Å². The Kier molecular flexibility index (Phi) is 3.58. The lowest BCUT2D eigenvalue weighted by Gasteiger charge is -2.43. The second kappa shape index (κ2) is 4.82. The molecule has 2 heterocycles. The normalized spacial score (nSPS) is 29.7. The Balaban J connectivity index is 2.01. The molecule has 0 aliphatic carbocycles. The third kappa shape index (κ3) is 3.10. The molecule has 2 saturated heterocycles. The molecule has 2 fully saturated rings. The van der Waals surface area contributed by atoms with Gasteiger partial charge in [0.25, 0.3) is 0 Å². The van der Waals surface area contributed by atoms with Crippen LogP contribution in [-0.2, 0) is 9.47 Å². The maximum absolute atomic E-state index is 12.1. The molecule has 0 aromatic heterocycles. The lowest BCUT2D eigenvalue weighted by molar-refractivity contribution is -0.0839. The van der Waals surface area contributed by atoms with E-state index in [0.717, 1.165) is 19.5 Å². The lowest BCUT2D eigenvalue weighted by atomic mass is 10.0. The van der Waals surface area contributed by atoms with Crippen LogP contribution in [-0.4, -0.2) is 55.0 Å². The first-order valence-electron chi connectivity index (χ1n) is 6.29. The van der Waals surface area contributed by atoms with E-state index in [-0.39, 0.29) is 18.2 Å². The van der Waals surface area contributed by atoms with E-state index in [9.17, 15) is 4.79 Å². The predicted octanol–water partition coefficient (Wildman–Crippen LogP) is 0.984. The molecule has 0 radical (unpaired) electrons. The second-order valence-corrected chi connectivity index (χ2v) is 5.64. The Labute approximate surface area is 102 Å². The molecule has 2 aliphatic rings. The summed E-state index contributed by atoms with van der Waals surface area (Å²) in [5.41, 5.74) is -0.433. The Morgan fingerprint density at radius 2 is 2.24 bits per heavy atom. The Morgan fingerprint density at radius 1 is 1.47 bits per heavy atom. The molecule has 2 aliphatic heterocycles. The molecule has 5 heteroatoms. The smallest absolute Gasteiger partial charge is 0.410 e. The number of fused-ring (bicyclic) bond motifs is 1. The first-order chi connectivity index (χ1) is 7.97. The number of nitrogens with one attached hydrogen (secondary N) is 1. The summed E-state index contributed by atoms with van der Waals surface area (Å²) in [5.74, 6) is 0. The molecule has 0 aromatic rings. The molecule has 0 aromatic carbocycles. The van der Waals surface area contributed by atoms with Crippen LogP contribution >= 0.6 is 0 Å². The summed E-state index contributed by atoms with van der Waals surface area (Å²) in [6.45, 7) is 8.67. The van der Waals surface area contributed by atoms with E-state index in [2.05, 4.69) is 5.32 Å². The fraction of sp³-hybridized carbons (Fsp3) is 0.917. The van der Waals surface area contributed by atoms with Crippen molar-refractivity contribution in [3.63, 3.8) is 0 Å². The van der Waals surface area contributed by atoms with Crippen molar-refractivity contribution in [1.82, 2.24) is 10.2 Å². The lowest BCUT2D eigenvalue weighted by Crippen LogP contribution is -2.60. The minimum absolute atomic E-state index is 0.116. The number of ether oxygens (including phenoxy) is 2. The number of morpholine rings is 1. The van der Waals surface area contributed by atoms with Gasteiger partial charge < -0.3 is 19.7 Å². The zero-order chi connectivity index (χ0) is 12.5. The molecule has 0 spiro atoms. The van der Waals surface area contributed by atoms with E-state index in [1.165, 1.54) is 0 Å². The first-order valence-corrected chi connectivity index (χ1v) is 6.29. The van der Waals surface area contributed by atoms with E-state index >= 15 is 0 Å². The summed E-state index contributed by atoms with van der Waals surface area (Å²) in [7, 11) is 0. The molecule has 1 N–H and O–H groups in total. The van der Waals surface area contributed by atoms with Gasteiger partial charge in [0.05, 0.1) is 18.8 Å². The fourth-order valence-corrected chi connectivity index (χ4v) is 2.36. The van der Waals surface area contributed by atoms with Gasteiger partial charge in [-0.1, -0.05) is 0 Å². The van der Waals surface area contributed by atoms with Crippen LogP contribution in [0.25, 0.3) is 0 Å². The van der Waals surface area contributed by atoms with Gasteiger partial charge in [-0.15, -0.1) is 0 Å². The van der Waals surface area contributed by atoms with Crippen LogP contribution < -0.4 is 5.32 Å². The van der Waals surface area contributed by atoms with E-state index in [1.54, 1.807) is 0 Å². The highest BCUT2D eigenvalue weighted by Crippen LogP contribution is 2.22. The van der Waals surface area contributed by atoms with Crippen molar-refractivity contribution in [3.8, 4) is 0 Å². The van der Waals surface area contributed by atoms with Gasteiger partial charge >= 0.3 is 6.09 Å². The second-order valence-electron chi connectivity index (χ2n) is 5.64. The Morgan fingerprint density at radius 3 is 2.94 bits per heavy atom. The summed E-state index contributed by atoms with van der Waals surface area (Å²) in [6, 6.07) is 0.167. The number of amides is 1. The van der Waals surface area contributed by atoms with E-state index in [0.29, 0.717) is 13.2 Å². The van der Waals surface area contributed by atoms with Crippen LogP contribution in [0.1, 0.15) is 27.2 Å². The minimum atomic E-state index is -0.433. The molecule has 98 valence electrons. The van der Waals surface area contributed by atoms with Crippen molar-refractivity contribution in [2.75, 3.05) is 26.2 Å². The zero-order valence-corrected chi connectivity index (χ0v) is 10.9. The summed E-state index contributed by atoms with van der Waals surface area (Å²) in [5, 5.41) is 3.29. The zero-order valence-electron chi connectivity index (χ0n) is 10.9. The predicted molar refractivity (Wildman–Crippen MR) is 64.0 cm³/mol. The maximum atomic E-state index is 12.1. The molecular weight excluding hydrogens is 220 g/mol. The number of rotatable bonds is 0. The maximum Gasteiger partial charge on any atom is 0.410 e. The molecule has 1 amide bonds. The summed E-state index contributed by atoms with van der Waals surface area (Å²) in [4.78, 5) is 13.9. The Bertz CT molecular complexity index is 286. The van der Waals surface area contributed by atoms with Gasteiger partial charge in [-0.2, -0.15) is 0 Å². The van der Waals surface area contributed by atoms with Gasteiger partial charge in [-0.3, -0.25) is 0 Å².